The Morgan fingerprint density at radius 2 is 2.00 bits per heavy atom. The Balaban J connectivity index is 2.42. The lowest BCUT2D eigenvalue weighted by atomic mass is 10.0. The van der Waals surface area contributed by atoms with Crippen LogP contribution in [-0.4, -0.2) is 5.71 Å². The third kappa shape index (κ3) is 2.21. The maximum Gasteiger partial charge on any atom is 0.0379 e. The summed E-state index contributed by atoms with van der Waals surface area (Å²) in [6.45, 7) is 0. The molecule has 0 unspecified atom stereocenters. The third-order valence-corrected chi connectivity index (χ3v) is 1.78. The third-order valence-electron chi connectivity index (χ3n) is 1.78. The average molecular weight is 138 g/mol. The first-order valence-electron chi connectivity index (χ1n) is 3.84. The fourth-order valence-corrected chi connectivity index (χ4v) is 1.16. The predicted molar refractivity (Wildman–Crippen MR) is 43.8 cm³/mol. The number of hydrogen-bond acceptors (Lipinski definition) is 2. The SMILES string of the molecule is N/N=C1\CC/C=C\CCC1. The van der Waals surface area contributed by atoms with Gasteiger partial charge in [0.25, 0.3) is 0 Å². The highest BCUT2D eigenvalue weighted by Crippen LogP contribution is 2.08. The minimum absolute atomic E-state index is 1.05. The Bertz CT molecular complexity index is 147. The summed E-state index contributed by atoms with van der Waals surface area (Å²) >= 11 is 0. The molecule has 2 heteroatoms. The van der Waals surface area contributed by atoms with E-state index in [1.807, 2.05) is 0 Å². The molecule has 2 nitrogen and oxygen atoms in total. The van der Waals surface area contributed by atoms with Gasteiger partial charge in [-0.05, 0) is 32.1 Å². The second-order valence-corrected chi connectivity index (χ2v) is 2.60. The number of nitrogens with zero attached hydrogens (tertiary/aromatic N) is 1. The zero-order valence-corrected chi connectivity index (χ0v) is 6.21. The van der Waals surface area contributed by atoms with Gasteiger partial charge in [0.1, 0.15) is 0 Å². The van der Waals surface area contributed by atoms with Gasteiger partial charge < -0.3 is 5.84 Å². The van der Waals surface area contributed by atoms with E-state index in [2.05, 4.69) is 17.3 Å². The van der Waals surface area contributed by atoms with E-state index in [1.54, 1.807) is 0 Å². The van der Waals surface area contributed by atoms with Crippen LogP contribution >= 0.6 is 0 Å². The van der Waals surface area contributed by atoms with Crippen LogP contribution in [0.25, 0.3) is 0 Å². The number of hydrogen-bond donors (Lipinski definition) is 1. The fourth-order valence-electron chi connectivity index (χ4n) is 1.16. The average Bonchev–Trinajstić information content (AvgIpc) is 1.87. The summed E-state index contributed by atoms with van der Waals surface area (Å²) in [6, 6.07) is 0. The molecular weight excluding hydrogens is 124 g/mol. The topological polar surface area (TPSA) is 38.4 Å². The standard InChI is InChI=1S/C8H14N2/c9-10-8-6-4-2-1-3-5-7-8/h1-2H,3-7,9H2/b2-1-,10-8+. The van der Waals surface area contributed by atoms with Crippen molar-refractivity contribution >= 4 is 5.71 Å². The van der Waals surface area contributed by atoms with E-state index in [0.29, 0.717) is 0 Å². The molecule has 2 N–H and O–H groups in total. The van der Waals surface area contributed by atoms with E-state index in [4.69, 9.17) is 5.84 Å². The van der Waals surface area contributed by atoms with Crippen molar-refractivity contribution < 1.29 is 0 Å². The lowest BCUT2D eigenvalue weighted by molar-refractivity contribution is 0.843. The Labute approximate surface area is 61.8 Å². The molecule has 1 aliphatic rings. The van der Waals surface area contributed by atoms with Gasteiger partial charge >= 0.3 is 0 Å². The number of allylic oxidation sites excluding steroid dienone is 2. The van der Waals surface area contributed by atoms with Crippen molar-refractivity contribution in [2.45, 2.75) is 32.1 Å². The van der Waals surface area contributed by atoms with E-state index < -0.39 is 0 Å². The highest BCUT2D eigenvalue weighted by molar-refractivity contribution is 5.84. The predicted octanol–water partition coefficient (Wildman–Crippen LogP) is 1.82. The summed E-state index contributed by atoms with van der Waals surface area (Å²) in [5, 5.41) is 3.73. The lowest BCUT2D eigenvalue weighted by Gasteiger charge is -2.04. The normalized spacial score (nSPS) is 27.4. The van der Waals surface area contributed by atoms with Crippen molar-refractivity contribution in [3.63, 3.8) is 0 Å². The second-order valence-electron chi connectivity index (χ2n) is 2.60. The molecule has 0 aliphatic heterocycles. The zero-order chi connectivity index (χ0) is 7.23. The van der Waals surface area contributed by atoms with Gasteiger partial charge in [-0.1, -0.05) is 12.2 Å². The molecule has 0 atom stereocenters. The monoisotopic (exact) mass is 138 g/mol. The first-order valence-corrected chi connectivity index (χ1v) is 3.84. The maximum absolute atomic E-state index is 5.19. The molecule has 1 rings (SSSR count). The molecule has 0 spiro atoms. The minimum atomic E-state index is 1.05. The molecule has 0 heterocycles. The largest absolute Gasteiger partial charge is 0.323 e. The van der Waals surface area contributed by atoms with Gasteiger partial charge in [-0.2, -0.15) is 5.10 Å². The van der Waals surface area contributed by atoms with E-state index >= 15 is 0 Å². The Morgan fingerprint density at radius 1 is 1.20 bits per heavy atom. The van der Waals surface area contributed by atoms with Crippen LogP contribution in [0, 0.1) is 0 Å². The quantitative estimate of drug-likeness (QED) is 0.309. The Hall–Kier alpha value is -0.790. The van der Waals surface area contributed by atoms with E-state index in [9.17, 15) is 0 Å². The van der Waals surface area contributed by atoms with Gasteiger partial charge in [0, 0.05) is 5.71 Å². The highest BCUT2D eigenvalue weighted by Gasteiger charge is 1.99. The molecule has 0 aromatic rings. The summed E-state index contributed by atoms with van der Waals surface area (Å²) in [4.78, 5) is 0. The van der Waals surface area contributed by atoms with Crippen LogP contribution in [0.1, 0.15) is 32.1 Å². The summed E-state index contributed by atoms with van der Waals surface area (Å²) in [7, 11) is 0. The van der Waals surface area contributed by atoms with E-state index in [-0.39, 0.29) is 0 Å². The number of rotatable bonds is 0. The second kappa shape index (κ2) is 4.09. The Morgan fingerprint density at radius 3 is 2.80 bits per heavy atom. The summed E-state index contributed by atoms with van der Waals surface area (Å²) in [6.07, 6.45) is 10.1. The summed E-state index contributed by atoms with van der Waals surface area (Å²) < 4.78 is 0. The van der Waals surface area contributed by atoms with Crippen LogP contribution in [0.2, 0.25) is 0 Å². The van der Waals surface area contributed by atoms with Crippen LogP contribution in [0.5, 0.6) is 0 Å². The van der Waals surface area contributed by atoms with Gasteiger partial charge in [0.05, 0.1) is 0 Å². The molecule has 0 saturated heterocycles. The van der Waals surface area contributed by atoms with Gasteiger partial charge in [0.15, 0.2) is 0 Å². The molecular formula is C8H14N2. The van der Waals surface area contributed by atoms with Crippen LogP contribution in [0.15, 0.2) is 17.3 Å². The van der Waals surface area contributed by atoms with Crippen LogP contribution in [0.3, 0.4) is 0 Å². The maximum atomic E-state index is 5.19. The van der Waals surface area contributed by atoms with Crippen molar-refractivity contribution in [1.82, 2.24) is 0 Å². The first kappa shape index (κ1) is 7.32. The fraction of sp³-hybridized carbons (Fsp3) is 0.625. The molecule has 0 fully saturated rings. The molecule has 0 aromatic heterocycles. The van der Waals surface area contributed by atoms with Crippen molar-refractivity contribution in [3.05, 3.63) is 12.2 Å². The van der Waals surface area contributed by atoms with Crippen molar-refractivity contribution in [2.75, 3.05) is 0 Å². The van der Waals surface area contributed by atoms with Crippen molar-refractivity contribution in [1.29, 1.82) is 0 Å². The molecule has 0 radical (unpaired) electrons. The summed E-state index contributed by atoms with van der Waals surface area (Å²) in [5.74, 6) is 5.19. The molecule has 0 bridgehead atoms. The van der Waals surface area contributed by atoms with Crippen LogP contribution in [0.4, 0.5) is 0 Å². The van der Waals surface area contributed by atoms with Gasteiger partial charge in [0.2, 0.25) is 0 Å². The molecule has 10 heavy (non-hydrogen) atoms. The lowest BCUT2D eigenvalue weighted by Crippen LogP contribution is -2.02. The van der Waals surface area contributed by atoms with E-state index in [1.165, 1.54) is 18.6 Å². The molecule has 0 saturated carbocycles. The molecule has 1 aliphatic carbocycles. The van der Waals surface area contributed by atoms with Gasteiger partial charge in [-0.25, -0.2) is 0 Å². The zero-order valence-electron chi connectivity index (χ0n) is 6.21. The molecule has 0 amide bonds. The molecule has 0 aromatic carbocycles. The smallest absolute Gasteiger partial charge is 0.0379 e. The molecule has 56 valence electrons. The van der Waals surface area contributed by atoms with Crippen molar-refractivity contribution in [2.24, 2.45) is 10.9 Å². The van der Waals surface area contributed by atoms with E-state index in [0.717, 1.165) is 19.3 Å². The number of hydrazone groups is 1. The Kier molecular flexibility index (Phi) is 3.00. The highest BCUT2D eigenvalue weighted by atomic mass is 15.1. The number of nitrogens with two attached hydrogens (primary N) is 1. The van der Waals surface area contributed by atoms with Crippen LogP contribution in [-0.2, 0) is 0 Å². The van der Waals surface area contributed by atoms with Crippen LogP contribution < -0.4 is 5.84 Å². The van der Waals surface area contributed by atoms with Gasteiger partial charge in [-0.15, -0.1) is 0 Å². The van der Waals surface area contributed by atoms with Gasteiger partial charge in [-0.3, -0.25) is 0 Å². The minimum Gasteiger partial charge on any atom is -0.323 e. The first-order chi connectivity index (χ1) is 4.93. The van der Waals surface area contributed by atoms with Crippen molar-refractivity contribution in [3.8, 4) is 0 Å². The summed E-state index contributed by atoms with van der Waals surface area (Å²) in [5.41, 5.74) is 1.17.